The summed E-state index contributed by atoms with van der Waals surface area (Å²) in [5.41, 5.74) is 4.46. The van der Waals surface area contributed by atoms with Crippen molar-refractivity contribution in [1.82, 2.24) is 9.97 Å². The molecule has 2 aromatic heterocycles. The number of nitrogens with zero attached hydrogens (tertiary/aromatic N) is 2. The average molecular weight is 611 g/mol. The van der Waals surface area contributed by atoms with Crippen LogP contribution in [0.5, 0.6) is 5.75 Å². The molecule has 2 heterocycles. The quantitative estimate of drug-likeness (QED) is 0.111. The first-order valence-electron chi connectivity index (χ1n) is 10.9. The molecule has 0 spiro atoms. The summed E-state index contributed by atoms with van der Waals surface area (Å²) in [7, 11) is 0. The first kappa shape index (κ1) is 21.8. The molecule has 0 amide bonds. The second-order valence-electron chi connectivity index (χ2n) is 9.73. The van der Waals surface area contributed by atoms with Crippen LogP contribution in [0.15, 0.2) is 60.7 Å². The topological polar surface area (TPSA) is 46.0 Å². The van der Waals surface area contributed by atoms with E-state index in [1.807, 2.05) is 19.1 Å². The van der Waals surface area contributed by atoms with Gasteiger partial charge in [-0.3, -0.25) is 9.97 Å². The minimum atomic E-state index is -0.0527. The molecule has 0 atom stereocenters. The smallest absolute Gasteiger partial charge is 0.141 e. The number of pyridine rings is 2. The Balaban J connectivity index is 0.00000228. The predicted octanol–water partition coefficient (Wildman–Crippen LogP) is 7.35. The van der Waals surface area contributed by atoms with Crippen LogP contribution >= 0.6 is 0 Å². The van der Waals surface area contributed by atoms with Gasteiger partial charge in [-0.25, -0.2) is 0 Å². The molecule has 0 aliphatic heterocycles. The molecular weight excluding hydrogens is 587 g/mol. The van der Waals surface area contributed by atoms with Gasteiger partial charge in [0.15, 0.2) is 0 Å². The van der Waals surface area contributed by atoms with Gasteiger partial charge in [0.2, 0.25) is 0 Å². The van der Waals surface area contributed by atoms with Gasteiger partial charge in [-0.2, -0.15) is 0 Å². The van der Waals surface area contributed by atoms with Gasteiger partial charge in [0, 0.05) is 43.2 Å². The van der Waals surface area contributed by atoms with Gasteiger partial charge in [0.05, 0.1) is 0 Å². The van der Waals surface area contributed by atoms with E-state index in [4.69, 9.17) is 9.97 Å². The third-order valence-electron chi connectivity index (χ3n) is 6.36. The third kappa shape index (κ3) is 3.47. The molecular formula is C29H23N2OPt-. The van der Waals surface area contributed by atoms with Gasteiger partial charge >= 0.3 is 0 Å². The van der Waals surface area contributed by atoms with Gasteiger partial charge in [0.1, 0.15) is 11.3 Å². The van der Waals surface area contributed by atoms with Crippen LogP contribution in [-0.4, -0.2) is 15.1 Å². The summed E-state index contributed by atoms with van der Waals surface area (Å²) in [4.78, 5) is 9.73. The maximum Gasteiger partial charge on any atom is 0.141 e. The fourth-order valence-corrected chi connectivity index (χ4v) is 4.54. The molecule has 33 heavy (non-hydrogen) atoms. The van der Waals surface area contributed by atoms with Crippen LogP contribution in [0.4, 0.5) is 0 Å². The van der Waals surface area contributed by atoms with Crippen molar-refractivity contribution < 1.29 is 26.2 Å². The van der Waals surface area contributed by atoms with Gasteiger partial charge in [-0.15, -0.1) is 12.1 Å². The first-order chi connectivity index (χ1) is 15.3. The number of hydrogen-bond acceptors (Lipinski definition) is 3. The molecule has 6 aromatic rings. The van der Waals surface area contributed by atoms with E-state index in [-0.39, 0.29) is 32.2 Å². The molecule has 0 fully saturated rings. The third-order valence-corrected chi connectivity index (χ3v) is 6.36. The van der Waals surface area contributed by atoms with E-state index in [9.17, 15) is 5.11 Å². The number of fused-ring (bicyclic) bond motifs is 7. The Bertz CT molecular complexity index is 1730. The van der Waals surface area contributed by atoms with Crippen LogP contribution in [0.25, 0.3) is 54.3 Å². The van der Waals surface area contributed by atoms with Crippen LogP contribution in [0, 0.1) is 13.0 Å². The van der Waals surface area contributed by atoms with Crippen LogP contribution in [0.1, 0.15) is 32.0 Å². The summed E-state index contributed by atoms with van der Waals surface area (Å²) in [5, 5.41) is 18.0. The molecule has 4 heteroatoms. The molecule has 0 aliphatic rings. The van der Waals surface area contributed by atoms with Crippen molar-refractivity contribution in [2.75, 3.05) is 0 Å². The van der Waals surface area contributed by atoms with Gasteiger partial charge in [0.25, 0.3) is 0 Å². The number of aryl methyl sites for hydroxylation is 1. The summed E-state index contributed by atoms with van der Waals surface area (Å²) in [6, 6.07) is 24.5. The molecule has 0 unspecified atom stereocenters. The Kier molecular flexibility index (Phi) is 4.95. The average Bonchev–Trinajstić information content (AvgIpc) is 2.76. The molecule has 0 saturated heterocycles. The van der Waals surface area contributed by atoms with Crippen molar-refractivity contribution in [3.05, 3.63) is 78.0 Å². The van der Waals surface area contributed by atoms with E-state index in [0.29, 0.717) is 5.52 Å². The summed E-state index contributed by atoms with van der Waals surface area (Å²) >= 11 is 0. The Morgan fingerprint density at radius 3 is 1.94 bits per heavy atom. The van der Waals surface area contributed by atoms with Crippen LogP contribution in [-0.2, 0) is 26.5 Å². The molecule has 0 bridgehead atoms. The van der Waals surface area contributed by atoms with Gasteiger partial charge in [-0.05, 0) is 46.9 Å². The predicted molar refractivity (Wildman–Crippen MR) is 133 cm³/mol. The summed E-state index contributed by atoms with van der Waals surface area (Å²) < 4.78 is 0. The summed E-state index contributed by atoms with van der Waals surface area (Å²) in [6.07, 6.45) is 0. The molecule has 3 nitrogen and oxygen atoms in total. The Labute approximate surface area is 206 Å². The normalized spacial score (nSPS) is 12.1. The number of rotatable bonds is 0. The number of aromatic nitrogens is 2. The number of benzene rings is 4. The number of phenolic OH excluding ortho intramolecular Hbond substituents is 1. The fraction of sp³-hybridized carbons (Fsp3) is 0.172. The molecule has 0 saturated carbocycles. The molecule has 0 aliphatic carbocycles. The molecule has 0 radical (unpaired) electrons. The Hall–Kier alpha value is -3.03. The van der Waals surface area contributed by atoms with Crippen molar-refractivity contribution in [2.24, 2.45) is 0 Å². The van der Waals surface area contributed by atoms with Gasteiger partial charge in [-0.1, -0.05) is 78.7 Å². The zero-order valence-electron chi connectivity index (χ0n) is 18.9. The monoisotopic (exact) mass is 610 g/mol. The summed E-state index contributed by atoms with van der Waals surface area (Å²) in [5.74, 6) is 0.217. The number of hydrogen-bond donors (Lipinski definition) is 1. The van der Waals surface area contributed by atoms with E-state index in [2.05, 4.69) is 75.4 Å². The summed E-state index contributed by atoms with van der Waals surface area (Å²) in [6.45, 7) is 8.46. The van der Waals surface area contributed by atoms with E-state index in [1.54, 1.807) is 0 Å². The number of aromatic hydroxyl groups is 1. The van der Waals surface area contributed by atoms with Crippen LogP contribution in [0.2, 0.25) is 0 Å². The van der Waals surface area contributed by atoms with Gasteiger partial charge < -0.3 is 5.11 Å². The van der Waals surface area contributed by atoms with Crippen molar-refractivity contribution in [2.45, 2.75) is 33.1 Å². The Morgan fingerprint density at radius 1 is 0.667 bits per heavy atom. The van der Waals surface area contributed by atoms with Crippen molar-refractivity contribution in [3.63, 3.8) is 0 Å². The minimum Gasteiger partial charge on any atom is -0.506 e. The second kappa shape index (κ2) is 7.50. The first-order valence-corrected chi connectivity index (χ1v) is 10.9. The van der Waals surface area contributed by atoms with Crippen LogP contribution in [0.3, 0.4) is 0 Å². The van der Waals surface area contributed by atoms with E-state index >= 15 is 0 Å². The largest absolute Gasteiger partial charge is 0.506 e. The zero-order chi connectivity index (χ0) is 22.2. The minimum absolute atomic E-state index is 0. The molecule has 166 valence electrons. The zero-order valence-corrected chi connectivity index (χ0v) is 21.2. The standard InChI is InChI=1S/C29H23N2O.Pt/c1-16-5-6-17-7-8-18-11-19-9-10-20-12-21-13-22(29(2,3)4)14-25(32)28(21)31-27(20)24(19)15-23(18)26(17)30-16;/h5-14,32H,1-4H3;/q-1;. The fourth-order valence-electron chi connectivity index (χ4n) is 4.54. The van der Waals surface area contributed by atoms with Crippen molar-refractivity contribution in [1.29, 1.82) is 0 Å². The SMILES string of the molecule is Cc1ccc2ccc3cc4ccc5cc6cc(C(C)(C)C)cc(O)c6nc5c4[c-]c3c2n1.[Pt]. The second-order valence-corrected chi connectivity index (χ2v) is 9.73. The van der Waals surface area contributed by atoms with Crippen LogP contribution < -0.4 is 0 Å². The van der Waals surface area contributed by atoms with E-state index in [0.717, 1.165) is 60.0 Å². The van der Waals surface area contributed by atoms with Crippen molar-refractivity contribution >= 4 is 54.3 Å². The van der Waals surface area contributed by atoms with Crippen molar-refractivity contribution in [3.8, 4) is 5.75 Å². The molecule has 1 N–H and O–H groups in total. The maximum absolute atomic E-state index is 10.8. The molecule has 4 aromatic carbocycles. The maximum atomic E-state index is 10.8. The van der Waals surface area contributed by atoms with E-state index < -0.39 is 0 Å². The Morgan fingerprint density at radius 2 is 1.24 bits per heavy atom. The molecule has 6 rings (SSSR count). The van der Waals surface area contributed by atoms with E-state index in [1.165, 1.54) is 0 Å². The number of phenols is 1.